The SMILES string of the molecule is CN1CC(N)CCC1c1nn(C)c2nccnc12. The zero-order valence-corrected chi connectivity index (χ0v) is 10.7. The predicted molar refractivity (Wildman–Crippen MR) is 68.9 cm³/mol. The molecule has 0 radical (unpaired) electrons. The van der Waals surface area contributed by atoms with Gasteiger partial charge in [0.05, 0.1) is 6.04 Å². The maximum Gasteiger partial charge on any atom is 0.176 e. The highest BCUT2D eigenvalue weighted by molar-refractivity contribution is 5.73. The minimum Gasteiger partial charge on any atom is -0.327 e. The predicted octanol–water partition coefficient (Wildman–Crippen LogP) is 0.457. The number of piperidine rings is 1. The third-order valence-electron chi connectivity index (χ3n) is 3.67. The Morgan fingerprint density at radius 1 is 1.22 bits per heavy atom. The van der Waals surface area contributed by atoms with Crippen molar-refractivity contribution in [1.29, 1.82) is 0 Å². The van der Waals surface area contributed by atoms with Crippen LogP contribution in [0.5, 0.6) is 0 Å². The van der Waals surface area contributed by atoms with Gasteiger partial charge in [0.2, 0.25) is 0 Å². The monoisotopic (exact) mass is 246 g/mol. The second kappa shape index (κ2) is 4.29. The van der Waals surface area contributed by atoms with Gasteiger partial charge in [-0.3, -0.25) is 4.90 Å². The summed E-state index contributed by atoms with van der Waals surface area (Å²) in [6, 6.07) is 0.567. The van der Waals surface area contributed by atoms with E-state index in [2.05, 4.69) is 27.0 Å². The number of likely N-dealkylation sites (N-methyl/N-ethyl adjacent to an activating group) is 1. The Balaban J connectivity index is 2.04. The van der Waals surface area contributed by atoms with Crippen LogP contribution in [0.2, 0.25) is 0 Å². The van der Waals surface area contributed by atoms with Crippen LogP contribution in [-0.4, -0.2) is 44.3 Å². The number of likely N-dealkylation sites (tertiary alicyclic amines) is 1. The van der Waals surface area contributed by atoms with Crippen molar-refractivity contribution in [2.45, 2.75) is 24.9 Å². The molecule has 1 fully saturated rings. The second-order valence-electron chi connectivity index (χ2n) is 5.03. The lowest BCUT2D eigenvalue weighted by Gasteiger charge is -2.34. The molecule has 2 atom stereocenters. The first-order valence-electron chi connectivity index (χ1n) is 6.26. The summed E-state index contributed by atoms with van der Waals surface area (Å²) in [5.74, 6) is 0. The topological polar surface area (TPSA) is 72.9 Å². The van der Waals surface area contributed by atoms with E-state index in [9.17, 15) is 0 Å². The number of rotatable bonds is 1. The number of aryl methyl sites for hydroxylation is 1. The molecule has 1 saturated heterocycles. The number of fused-ring (bicyclic) bond motifs is 1. The molecule has 2 aromatic rings. The van der Waals surface area contributed by atoms with E-state index in [1.807, 2.05) is 7.05 Å². The Morgan fingerprint density at radius 3 is 2.78 bits per heavy atom. The Labute approximate surface area is 106 Å². The molecule has 1 aliphatic heterocycles. The van der Waals surface area contributed by atoms with Gasteiger partial charge in [0.15, 0.2) is 5.65 Å². The van der Waals surface area contributed by atoms with E-state index >= 15 is 0 Å². The lowest BCUT2D eigenvalue weighted by molar-refractivity contribution is 0.166. The maximum atomic E-state index is 5.99. The minimum atomic E-state index is 0.271. The molecular formula is C12H18N6. The van der Waals surface area contributed by atoms with E-state index in [1.165, 1.54) is 0 Å². The lowest BCUT2D eigenvalue weighted by Crippen LogP contribution is -2.42. The van der Waals surface area contributed by atoms with E-state index < -0.39 is 0 Å². The highest BCUT2D eigenvalue weighted by Crippen LogP contribution is 2.31. The molecule has 0 bridgehead atoms. The average molecular weight is 246 g/mol. The maximum absolute atomic E-state index is 5.99. The fraction of sp³-hybridized carbons (Fsp3) is 0.583. The van der Waals surface area contributed by atoms with Crippen molar-refractivity contribution < 1.29 is 0 Å². The van der Waals surface area contributed by atoms with E-state index in [4.69, 9.17) is 5.73 Å². The average Bonchev–Trinajstić information content (AvgIpc) is 2.68. The van der Waals surface area contributed by atoms with Crippen molar-refractivity contribution >= 4 is 11.2 Å². The molecule has 0 spiro atoms. The normalized spacial score (nSPS) is 25.7. The van der Waals surface area contributed by atoms with Crippen molar-refractivity contribution in [3.8, 4) is 0 Å². The molecule has 2 unspecified atom stereocenters. The van der Waals surface area contributed by atoms with Crippen molar-refractivity contribution in [2.24, 2.45) is 12.8 Å². The summed E-state index contributed by atoms with van der Waals surface area (Å²) >= 11 is 0. The van der Waals surface area contributed by atoms with Crippen molar-refractivity contribution in [3.63, 3.8) is 0 Å². The zero-order valence-electron chi connectivity index (χ0n) is 10.7. The van der Waals surface area contributed by atoms with Crippen molar-refractivity contribution in [2.75, 3.05) is 13.6 Å². The molecule has 2 N–H and O–H groups in total. The first-order valence-corrected chi connectivity index (χ1v) is 6.26. The number of hydrogen-bond acceptors (Lipinski definition) is 5. The van der Waals surface area contributed by atoms with Gasteiger partial charge in [-0.05, 0) is 19.9 Å². The van der Waals surface area contributed by atoms with Gasteiger partial charge in [-0.25, -0.2) is 14.6 Å². The third kappa shape index (κ3) is 1.77. The van der Waals surface area contributed by atoms with Crippen LogP contribution in [0.25, 0.3) is 11.2 Å². The number of hydrogen-bond donors (Lipinski definition) is 1. The van der Waals surface area contributed by atoms with E-state index in [0.29, 0.717) is 6.04 Å². The number of aromatic nitrogens is 4. The summed E-state index contributed by atoms with van der Waals surface area (Å²) in [6.07, 6.45) is 5.49. The highest BCUT2D eigenvalue weighted by atomic mass is 15.3. The van der Waals surface area contributed by atoms with E-state index in [1.54, 1.807) is 17.1 Å². The highest BCUT2D eigenvalue weighted by Gasteiger charge is 2.29. The Morgan fingerprint density at radius 2 is 2.00 bits per heavy atom. The first kappa shape index (κ1) is 11.6. The van der Waals surface area contributed by atoms with Crippen LogP contribution in [0.3, 0.4) is 0 Å². The van der Waals surface area contributed by atoms with Crippen LogP contribution in [0.1, 0.15) is 24.6 Å². The lowest BCUT2D eigenvalue weighted by atomic mass is 9.97. The fourth-order valence-corrected chi connectivity index (χ4v) is 2.76. The molecule has 96 valence electrons. The van der Waals surface area contributed by atoms with Crippen LogP contribution in [-0.2, 0) is 7.05 Å². The summed E-state index contributed by atoms with van der Waals surface area (Å²) in [4.78, 5) is 11.0. The molecule has 3 heterocycles. The van der Waals surface area contributed by atoms with Gasteiger partial charge < -0.3 is 5.73 Å². The third-order valence-corrected chi connectivity index (χ3v) is 3.67. The number of nitrogens with zero attached hydrogens (tertiary/aromatic N) is 5. The van der Waals surface area contributed by atoms with Gasteiger partial charge in [0, 0.05) is 32.0 Å². The molecule has 18 heavy (non-hydrogen) atoms. The Hall–Kier alpha value is -1.53. The molecule has 0 saturated carbocycles. The van der Waals surface area contributed by atoms with Crippen LogP contribution in [0, 0.1) is 0 Å². The quantitative estimate of drug-likeness (QED) is 0.791. The van der Waals surface area contributed by atoms with Crippen molar-refractivity contribution in [1.82, 2.24) is 24.6 Å². The Kier molecular flexibility index (Phi) is 2.76. The standard InChI is InChI=1S/C12H18N6/c1-17-7-8(13)3-4-9(17)10-11-12(18(2)16-10)15-6-5-14-11/h5-6,8-9H,3-4,7,13H2,1-2H3. The summed E-state index contributed by atoms with van der Waals surface area (Å²) in [7, 11) is 4.01. The van der Waals surface area contributed by atoms with Gasteiger partial charge in [-0.15, -0.1) is 0 Å². The fourth-order valence-electron chi connectivity index (χ4n) is 2.76. The molecule has 6 heteroatoms. The van der Waals surface area contributed by atoms with Crippen LogP contribution in [0.4, 0.5) is 0 Å². The first-order chi connectivity index (χ1) is 8.66. The number of nitrogens with two attached hydrogens (primary N) is 1. The smallest absolute Gasteiger partial charge is 0.176 e. The van der Waals surface area contributed by atoms with Gasteiger partial charge in [-0.2, -0.15) is 5.10 Å². The molecule has 6 nitrogen and oxygen atoms in total. The summed E-state index contributed by atoms with van der Waals surface area (Å²) in [6.45, 7) is 0.906. The summed E-state index contributed by atoms with van der Waals surface area (Å²) < 4.78 is 1.81. The van der Waals surface area contributed by atoms with Crippen LogP contribution < -0.4 is 5.73 Å². The molecule has 0 amide bonds. The van der Waals surface area contributed by atoms with Gasteiger partial charge >= 0.3 is 0 Å². The van der Waals surface area contributed by atoms with E-state index in [-0.39, 0.29) is 6.04 Å². The molecule has 0 aliphatic carbocycles. The molecule has 3 rings (SSSR count). The second-order valence-corrected chi connectivity index (χ2v) is 5.03. The largest absolute Gasteiger partial charge is 0.327 e. The molecule has 1 aliphatic rings. The van der Waals surface area contributed by atoms with Crippen LogP contribution in [0.15, 0.2) is 12.4 Å². The summed E-state index contributed by atoms with van der Waals surface area (Å²) in [5, 5.41) is 4.60. The molecular weight excluding hydrogens is 228 g/mol. The van der Waals surface area contributed by atoms with Gasteiger partial charge in [-0.1, -0.05) is 0 Å². The zero-order chi connectivity index (χ0) is 12.7. The Bertz CT molecular complexity index is 563. The summed E-state index contributed by atoms with van der Waals surface area (Å²) in [5.41, 5.74) is 8.76. The molecule has 2 aromatic heterocycles. The van der Waals surface area contributed by atoms with E-state index in [0.717, 1.165) is 36.2 Å². The minimum absolute atomic E-state index is 0.271. The molecule has 0 aromatic carbocycles. The van der Waals surface area contributed by atoms with Crippen LogP contribution >= 0.6 is 0 Å². The van der Waals surface area contributed by atoms with Gasteiger partial charge in [0.1, 0.15) is 11.2 Å². The van der Waals surface area contributed by atoms with Crippen molar-refractivity contribution in [3.05, 3.63) is 18.1 Å². The van der Waals surface area contributed by atoms with Gasteiger partial charge in [0.25, 0.3) is 0 Å².